The lowest BCUT2D eigenvalue weighted by Crippen LogP contribution is -2.55. The van der Waals surface area contributed by atoms with E-state index < -0.39 is 53.3 Å². The molecule has 1 aromatic rings. The van der Waals surface area contributed by atoms with Crippen LogP contribution >= 0.6 is 0 Å². The molecule has 0 radical (unpaired) electrons. The van der Waals surface area contributed by atoms with Gasteiger partial charge in [0.2, 0.25) is 0 Å². The smallest absolute Gasteiger partial charge is 0.317 e. The molecule has 1 aromatic carbocycles. The molecule has 6 heteroatoms. The first-order valence-corrected chi connectivity index (χ1v) is 10.9. The average Bonchev–Trinajstić information content (AvgIpc) is 2.57. The van der Waals surface area contributed by atoms with E-state index in [1.54, 1.807) is 27.7 Å². The number of ketones is 1. The van der Waals surface area contributed by atoms with Crippen LogP contribution in [0.1, 0.15) is 78.9 Å². The Hall–Kier alpha value is -2.21. The Bertz CT molecular complexity index is 805. The molecule has 1 aliphatic carbocycles. The van der Waals surface area contributed by atoms with Crippen LogP contribution in [0.25, 0.3) is 0 Å². The molecule has 1 saturated carbocycles. The Kier molecular flexibility index (Phi) is 7.36. The van der Waals surface area contributed by atoms with Crippen molar-refractivity contribution in [2.75, 3.05) is 0 Å². The minimum Gasteiger partial charge on any atom is -0.463 e. The molecule has 0 aromatic heterocycles. The molecule has 0 amide bonds. The summed E-state index contributed by atoms with van der Waals surface area (Å²) < 4.78 is 10.8. The predicted octanol–water partition coefficient (Wildman–Crippen LogP) is 3.93. The van der Waals surface area contributed by atoms with Gasteiger partial charge in [0, 0.05) is 12.3 Å². The van der Waals surface area contributed by atoms with Gasteiger partial charge in [0.1, 0.15) is 5.92 Å². The molecule has 0 aliphatic heterocycles. The summed E-state index contributed by atoms with van der Waals surface area (Å²) in [4.78, 5) is 39.1. The summed E-state index contributed by atoms with van der Waals surface area (Å²) in [7, 11) is 0. The van der Waals surface area contributed by atoms with Gasteiger partial charge in [0.05, 0.1) is 23.7 Å². The summed E-state index contributed by atoms with van der Waals surface area (Å²) in [5.41, 5.74) is -0.0332. The normalized spacial score (nSPS) is 26.8. The standard InChI is InChI=1S/C25H36O6/c1-14(2)30-22(27)20-18(26)13-25(8,29)21(23(28)31-15(3)4)19(20)16-9-11-17(12-10-16)24(5,6)7/h9-12,14-15,19-21,29H,13H2,1-8H3/t19-,20-,21+,25-/m1/s1. The Morgan fingerprint density at radius 3 is 1.94 bits per heavy atom. The molecule has 1 aliphatic rings. The summed E-state index contributed by atoms with van der Waals surface area (Å²) in [5, 5.41) is 11.1. The van der Waals surface area contributed by atoms with Crippen LogP contribution in [0.3, 0.4) is 0 Å². The maximum atomic E-state index is 13.1. The zero-order valence-electron chi connectivity index (χ0n) is 19.9. The summed E-state index contributed by atoms with van der Waals surface area (Å²) >= 11 is 0. The number of aliphatic hydroxyl groups is 1. The summed E-state index contributed by atoms with van der Waals surface area (Å²) in [6, 6.07) is 7.51. The Morgan fingerprint density at radius 1 is 1.00 bits per heavy atom. The van der Waals surface area contributed by atoms with E-state index in [9.17, 15) is 19.5 Å². The van der Waals surface area contributed by atoms with Crippen LogP contribution in [0.2, 0.25) is 0 Å². The zero-order valence-corrected chi connectivity index (χ0v) is 19.9. The fourth-order valence-electron chi connectivity index (χ4n) is 4.23. The second kappa shape index (κ2) is 9.11. The van der Waals surface area contributed by atoms with Gasteiger partial charge in [-0.2, -0.15) is 0 Å². The minimum absolute atomic E-state index is 0.0850. The van der Waals surface area contributed by atoms with Crippen LogP contribution in [0.4, 0.5) is 0 Å². The van der Waals surface area contributed by atoms with Gasteiger partial charge in [-0.15, -0.1) is 0 Å². The third kappa shape index (κ3) is 5.73. The molecule has 0 spiro atoms. The molecule has 6 nitrogen and oxygen atoms in total. The van der Waals surface area contributed by atoms with Crippen LogP contribution in [0.15, 0.2) is 24.3 Å². The number of hydrogen-bond acceptors (Lipinski definition) is 6. The summed E-state index contributed by atoms with van der Waals surface area (Å²) in [6.07, 6.45) is -1.13. The van der Waals surface area contributed by atoms with Crippen molar-refractivity contribution in [2.24, 2.45) is 11.8 Å². The fourth-order valence-corrected chi connectivity index (χ4v) is 4.23. The number of hydrogen-bond donors (Lipinski definition) is 1. The third-order valence-corrected chi connectivity index (χ3v) is 5.64. The van der Waals surface area contributed by atoms with E-state index >= 15 is 0 Å². The molecule has 1 fully saturated rings. The topological polar surface area (TPSA) is 89.9 Å². The SMILES string of the molecule is CC(C)OC(=O)[C@@H]1C(=O)C[C@@](C)(O)[C@H](C(=O)OC(C)C)[C@@H]1c1ccc(C(C)(C)C)cc1. The number of Topliss-reactive ketones (excluding diaryl/α,β-unsaturated/α-hetero) is 1. The predicted molar refractivity (Wildman–Crippen MR) is 118 cm³/mol. The van der Waals surface area contributed by atoms with Gasteiger partial charge < -0.3 is 14.6 Å². The van der Waals surface area contributed by atoms with Crippen molar-refractivity contribution < 1.29 is 29.0 Å². The van der Waals surface area contributed by atoms with E-state index in [2.05, 4.69) is 20.8 Å². The van der Waals surface area contributed by atoms with Gasteiger partial charge in [-0.25, -0.2) is 0 Å². The van der Waals surface area contributed by atoms with E-state index in [0.29, 0.717) is 5.56 Å². The van der Waals surface area contributed by atoms with Crippen molar-refractivity contribution in [1.82, 2.24) is 0 Å². The first-order chi connectivity index (χ1) is 14.1. The first-order valence-electron chi connectivity index (χ1n) is 10.9. The number of carbonyl (C=O) groups excluding carboxylic acids is 3. The molecule has 4 atom stereocenters. The Morgan fingerprint density at radius 2 is 1.48 bits per heavy atom. The Balaban J connectivity index is 2.63. The molecule has 0 unspecified atom stereocenters. The molecule has 172 valence electrons. The second-order valence-corrected chi connectivity index (χ2v) is 10.3. The van der Waals surface area contributed by atoms with Crippen LogP contribution in [-0.2, 0) is 29.3 Å². The average molecular weight is 433 g/mol. The molecular weight excluding hydrogens is 396 g/mol. The molecule has 1 N–H and O–H groups in total. The fraction of sp³-hybridized carbons (Fsp3) is 0.640. The van der Waals surface area contributed by atoms with Crippen molar-refractivity contribution in [2.45, 2.75) is 91.0 Å². The van der Waals surface area contributed by atoms with Gasteiger partial charge >= 0.3 is 11.9 Å². The van der Waals surface area contributed by atoms with Crippen molar-refractivity contribution in [1.29, 1.82) is 0 Å². The molecule has 0 heterocycles. The van der Waals surface area contributed by atoms with Crippen LogP contribution < -0.4 is 0 Å². The van der Waals surface area contributed by atoms with Gasteiger partial charge in [0.15, 0.2) is 5.78 Å². The molecule has 0 bridgehead atoms. The highest BCUT2D eigenvalue weighted by molar-refractivity contribution is 6.02. The number of esters is 2. The van der Waals surface area contributed by atoms with E-state index in [0.717, 1.165) is 5.56 Å². The van der Waals surface area contributed by atoms with E-state index in [4.69, 9.17) is 9.47 Å². The van der Waals surface area contributed by atoms with Gasteiger partial charge in [-0.05, 0) is 51.2 Å². The highest BCUT2D eigenvalue weighted by Gasteiger charge is 2.57. The van der Waals surface area contributed by atoms with Crippen LogP contribution in [0.5, 0.6) is 0 Å². The highest BCUT2D eigenvalue weighted by atomic mass is 16.5. The lowest BCUT2D eigenvalue weighted by atomic mass is 9.61. The van der Waals surface area contributed by atoms with E-state index in [1.165, 1.54) is 6.92 Å². The molecule has 0 saturated heterocycles. The number of benzene rings is 1. The van der Waals surface area contributed by atoms with Crippen molar-refractivity contribution in [3.63, 3.8) is 0 Å². The van der Waals surface area contributed by atoms with E-state index in [-0.39, 0.29) is 11.8 Å². The van der Waals surface area contributed by atoms with Crippen molar-refractivity contribution >= 4 is 17.7 Å². The maximum absolute atomic E-state index is 13.1. The summed E-state index contributed by atoms with van der Waals surface area (Å²) in [6.45, 7) is 14.6. The number of carbonyl (C=O) groups is 3. The first kappa shape index (κ1) is 25.1. The Labute approximate surface area is 185 Å². The lowest BCUT2D eigenvalue weighted by molar-refractivity contribution is -0.176. The summed E-state index contributed by atoms with van der Waals surface area (Å²) in [5.74, 6) is -4.90. The minimum atomic E-state index is -1.65. The number of rotatable bonds is 5. The van der Waals surface area contributed by atoms with Crippen molar-refractivity contribution in [3.8, 4) is 0 Å². The van der Waals surface area contributed by atoms with Crippen LogP contribution in [0, 0.1) is 11.8 Å². The molecular formula is C25H36O6. The molecule has 31 heavy (non-hydrogen) atoms. The van der Waals surface area contributed by atoms with Gasteiger partial charge in [0.25, 0.3) is 0 Å². The van der Waals surface area contributed by atoms with Gasteiger partial charge in [-0.3, -0.25) is 14.4 Å². The third-order valence-electron chi connectivity index (χ3n) is 5.64. The molecule has 2 rings (SSSR count). The van der Waals surface area contributed by atoms with E-state index in [1.807, 2.05) is 24.3 Å². The monoisotopic (exact) mass is 432 g/mol. The maximum Gasteiger partial charge on any atom is 0.317 e. The number of ether oxygens (including phenoxy) is 2. The van der Waals surface area contributed by atoms with Crippen LogP contribution in [-0.4, -0.2) is 40.6 Å². The second-order valence-electron chi connectivity index (χ2n) is 10.3. The van der Waals surface area contributed by atoms with Gasteiger partial charge in [-0.1, -0.05) is 45.0 Å². The highest BCUT2D eigenvalue weighted by Crippen LogP contribution is 2.47. The van der Waals surface area contributed by atoms with Crippen molar-refractivity contribution in [3.05, 3.63) is 35.4 Å². The zero-order chi connectivity index (χ0) is 23.7. The quantitative estimate of drug-likeness (QED) is 0.560. The lowest BCUT2D eigenvalue weighted by Gasteiger charge is -2.44. The largest absolute Gasteiger partial charge is 0.463 e.